The second kappa shape index (κ2) is 2.52. The van der Waals surface area contributed by atoms with E-state index in [1.165, 1.54) is 0 Å². The minimum atomic E-state index is -0.726. The molecule has 0 radical (unpaired) electrons. The van der Waals surface area contributed by atoms with E-state index in [4.69, 9.17) is 0 Å². The number of rotatable bonds is 0. The molecule has 1 aromatic heterocycles. The van der Waals surface area contributed by atoms with Gasteiger partial charge in [0.05, 0.1) is 0 Å². The largest absolute Gasteiger partial charge is 0.213 e. The second-order valence-corrected chi connectivity index (χ2v) is 3.69. The van der Waals surface area contributed by atoms with Crippen molar-refractivity contribution in [1.82, 2.24) is 0 Å². The minimum absolute atomic E-state index is 0.387. The number of aryl methyl sites for hydroxylation is 1. The normalized spacial score (nSPS) is 10.9. The summed E-state index contributed by atoms with van der Waals surface area (Å²) in [6, 6.07) is 5.24. The standard InChI is InChI=1S/C9H6F2S/c1-5-2-3-7-6(4-5)8(10)9(11)12-7/h2-4H,1H3. The van der Waals surface area contributed by atoms with Gasteiger partial charge in [0.2, 0.25) is 5.13 Å². The van der Waals surface area contributed by atoms with Crippen LogP contribution in [0.5, 0.6) is 0 Å². The zero-order valence-corrected chi connectivity index (χ0v) is 7.21. The first-order valence-corrected chi connectivity index (χ1v) is 4.34. The van der Waals surface area contributed by atoms with E-state index in [1.807, 2.05) is 13.0 Å². The number of thiophene rings is 1. The Morgan fingerprint density at radius 1 is 1.25 bits per heavy atom. The van der Waals surface area contributed by atoms with Crippen LogP contribution in [-0.2, 0) is 0 Å². The molecule has 2 aromatic rings. The van der Waals surface area contributed by atoms with Gasteiger partial charge in [0.1, 0.15) is 0 Å². The van der Waals surface area contributed by atoms with Gasteiger partial charge < -0.3 is 0 Å². The Morgan fingerprint density at radius 2 is 2.00 bits per heavy atom. The first-order chi connectivity index (χ1) is 5.68. The molecule has 0 amide bonds. The molecule has 0 saturated heterocycles. The molecule has 0 fully saturated rings. The van der Waals surface area contributed by atoms with E-state index < -0.39 is 10.9 Å². The zero-order chi connectivity index (χ0) is 8.72. The van der Waals surface area contributed by atoms with Crippen LogP contribution in [0.4, 0.5) is 8.78 Å². The number of hydrogen-bond acceptors (Lipinski definition) is 1. The van der Waals surface area contributed by atoms with E-state index in [0.29, 0.717) is 10.1 Å². The molecule has 0 N–H and O–H groups in total. The first-order valence-electron chi connectivity index (χ1n) is 3.52. The molecule has 0 saturated carbocycles. The molecular formula is C9H6F2S. The van der Waals surface area contributed by atoms with Crippen molar-refractivity contribution in [3.8, 4) is 0 Å². The fourth-order valence-electron chi connectivity index (χ4n) is 1.15. The smallest absolute Gasteiger partial charge is 0.202 e. The molecule has 0 atom stereocenters. The molecule has 0 aliphatic carbocycles. The summed E-state index contributed by atoms with van der Waals surface area (Å²) < 4.78 is 26.3. The van der Waals surface area contributed by atoms with Crippen LogP contribution in [0.2, 0.25) is 0 Å². The van der Waals surface area contributed by atoms with Crippen LogP contribution in [0, 0.1) is 17.9 Å². The maximum atomic E-state index is 13.0. The summed E-state index contributed by atoms with van der Waals surface area (Å²) in [6.07, 6.45) is 0. The summed E-state index contributed by atoms with van der Waals surface area (Å²) in [5.74, 6) is -0.723. The Hall–Kier alpha value is -0.960. The van der Waals surface area contributed by atoms with Gasteiger partial charge >= 0.3 is 0 Å². The molecular weight excluding hydrogens is 178 g/mol. The highest BCUT2D eigenvalue weighted by Gasteiger charge is 2.10. The number of benzene rings is 1. The lowest BCUT2D eigenvalue weighted by Gasteiger charge is -1.90. The highest BCUT2D eigenvalue weighted by atomic mass is 32.1. The summed E-state index contributed by atoms with van der Waals surface area (Å²) in [4.78, 5) is 0. The second-order valence-electron chi connectivity index (χ2n) is 2.69. The zero-order valence-electron chi connectivity index (χ0n) is 6.40. The lowest BCUT2D eigenvalue weighted by Crippen LogP contribution is -1.74. The summed E-state index contributed by atoms with van der Waals surface area (Å²) in [6.45, 7) is 1.86. The van der Waals surface area contributed by atoms with Gasteiger partial charge in [0.25, 0.3) is 0 Å². The minimum Gasteiger partial charge on any atom is -0.202 e. The van der Waals surface area contributed by atoms with Gasteiger partial charge in [-0.3, -0.25) is 0 Å². The molecule has 1 aromatic carbocycles. The van der Waals surface area contributed by atoms with Crippen LogP contribution in [0.3, 0.4) is 0 Å². The molecule has 3 heteroatoms. The Labute approximate surface area is 72.4 Å². The van der Waals surface area contributed by atoms with Crippen molar-refractivity contribution < 1.29 is 8.78 Å². The molecule has 2 rings (SSSR count). The van der Waals surface area contributed by atoms with Crippen LogP contribution in [0.15, 0.2) is 18.2 Å². The quantitative estimate of drug-likeness (QED) is 0.588. The lowest BCUT2D eigenvalue weighted by molar-refractivity contribution is 0.538. The monoisotopic (exact) mass is 184 g/mol. The van der Waals surface area contributed by atoms with E-state index >= 15 is 0 Å². The van der Waals surface area contributed by atoms with Crippen molar-refractivity contribution >= 4 is 21.4 Å². The third-order valence-electron chi connectivity index (χ3n) is 1.74. The predicted molar refractivity (Wildman–Crippen MR) is 46.5 cm³/mol. The average Bonchev–Trinajstić information content (AvgIpc) is 2.31. The SMILES string of the molecule is Cc1ccc2sc(F)c(F)c2c1. The van der Waals surface area contributed by atoms with Crippen molar-refractivity contribution in [2.75, 3.05) is 0 Å². The van der Waals surface area contributed by atoms with Gasteiger partial charge in [-0.1, -0.05) is 11.6 Å². The van der Waals surface area contributed by atoms with Gasteiger partial charge in [-0.2, -0.15) is 4.39 Å². The van der Waals surface area contributed by atoms with Crippen LogP contribution in [-0.4, -0.2) is 0 Å². The Kier molecular flexibility index (Phi) is 1.61. The predicted octanol–water partition coefficient (Wildman–Crippen LogP) is 3.49. The Bertz CT molecular complexity index is 431. The molecule has 0 spiro atoms. The van der Waals surface area contributed by atoms with Crippen molar-refractivity contribution in [3.63, 3.8) is 0 Å². The van der Waals surface area contributed by atoms with Crippen molar-refractivity contribution in [1.29, 1.82) is 0 Å². The van der Waals surface area contributed by atoms with Crippen LogP contribution in [0.1, 0.15) is 5.56 Å². The van der Waals surface area contributed by atoms with Gasteiger partial charge in [0.15, 0.2) is 5.82 Å². The molecule has 0 nitrogen and oxygen atoms in total. The fraction of sp³-hybridized carbons (Fsp3) is 0.111. The topological polar surface area (TPSA) is 0 Å². The highest BCUT2D eigenvalue weighted by molar-refractivity contribution is 7.17. The third-order valence-corrected chi connectivity index (χ3v) is 2.68. The lowest BCUT2D eigenvalue weighted by atomic mass is 10.2. The third kappa shape index (κ3) is 1.01. The number of halogens is 2. The van der Waals surface area contributed by atoms with E-state index in [9.17, 15) is 8.78 Å². The maximum Gasteiger partial charge on any atom is 0.213 e. The van der Waals surface area contributed by atoms with Crippen molar-refractivity contribution in [2.24, 2.45) is 0 Å². The molecule has 0 aliphatic heterocycles. The fourth-order valence-corrected chi connectivity index (χ4v) is 1.94. The Morgan fingerprint density at radius 3 is 2.75 bits per heavy atom. The molecule has 62 valence electrons. The summed E-state index contributed by atoms with van der Waals surface area (Å²) in [5, 5.41) is -0.340. The number of fused-ring (bicyclic) bond motifs is 1. The van der Waals surface area contributed by atoms with E-state index in [2.05, 4.69) is 0 Å². The van der Waals surface area contributed by atoms with E-state index in [0.717, 1.165) is 16.9 Å². The molecule has 1 heterocycles. The Balaban J connectivity index is 2.88. The van der Waals surface area contributed by atoms with Crippen LogP contribution in [0.25, 0.3) is 10.1 Å². The van der Waals surface area contributed by atoms with Gasteiger partial charge in [-0.05, 0) is 19.1 Å². The maximum absolute atomic E-state index is 13.0. The summed E-state index contributed by atoms with van der Waals surface area (Å²) >= 11 is 0.846. The summed E-state index contributed by atoms with van der Waals surface area (Å²) in [7, 11) is 0. The van der Waals surface area contributed by atoms with Crippen LogP contribution < -0.4 is 0 Å². The molecule has 0 unspecified atom stereocenters. The summed E-state index contributed by atoms with van der Waals surface area (Å²) in [5.41, 5.74) is 0.944. The number of hydrogen-bond donors (Lipinski definition) is 0. The molecule has 0 aliphatic rings. The van der Waals surface area contributed by atoms with Crippen molar-refractivity contribution in [2.45, 2.75) is 6.92 Å². The molecule has 12 heavy (non-hydrogen) atoms. The van der Waals surface area contributed by atoms with Gasteiger partial charge in [-0.15, -0.1) is 11.3 Å². The molecule has 0 bridgehead atoms. The highest BCUT2D eigenvalue weighted by Crippen LogP contribution is 2.28. The van der Waals surface area contributed by atoms with Gasteiger partial charge in [0, 0.05) is 10.1 Å². The van der Waals surface area contributed by atoms with E-state index in [-0.39, 0.29) is 0 Å². The van der Waals surface area contributed by atoms with Crippen molar-refractivity contribution in [3.05, 3.63) is 34.7 Å². The first kappa shape index (κ1) is 7.68. The van der Waals surface area contributed by atoms with Crippen LogP contribution >= 0.6 is 11.3 Å². The van der Waals surface area contributed by atoms with Gasteiger partial charge in [-0.25, -0.2) is 4.39 Å². The van der Waals surface area contributed by atoms with E-state index in [1.54, 1.807) is 12.1 Å². The average molecular weight is 184 g/mol.